The SMILES string of the molecule is Cc1ccc2nc(-c3cccn3C)cc(C(=O)N3CCOCC3)c2c1. The number of rotatable bonds is 2. The summed E-state index contributed by atoms with van der Waals surface area (Å²) in [6, 6.07) is 12.0. The highest BCUT2D eigenvalue weighted by Crippen LogP contribution is 2.27. The predicted octanol–water partition coefficient (Wildman–Crippen LogP) is 3.02. The van der Waals surface area contributed by atoms with Crippen LogP contribution in [0.1, 0.15) is 15.9 Å². The smallest absolute Gasteiger partial charge is 0.254 e. The lowest BCUT2D eigenvalue weighted by atomic mass is 10.0. The molecule has 1 aromatic carbocycles. The fourth-order valence-electron chi connectivity index (χ4n) is 3.31. The molecule has 2 aromatic heterocycles. The molecular formula is C20H21N3O2. The van der Waals surface area contributed by atoms with Gasteiger partial charge in [0.25, 0.3) is 5.91 Å². The molecule has 1 aliphatic heterocycles. The number of aromatic nitrogens is 2. The summed E-state index contributed by atoms with van der Waals surface area (Å²) in [6.45, 7) is 4.49. The summed E-state index contributed by atoms with van der Waals surface area (Å²) in [5.41, 5.74) is 4.50. The molecule has 0 saturated carbocycles. The van der Waals surface area contributed by atoms with Crippen LogP contribution in [-0.2, 0) is 11.8 Å². The molecule has 0 radical (unpaired) electrons. The van der Waals surface area contributed by atoms with E-state index < -0.39 is 0 Å². The summed E-state index contributed by atoms with van der Waals surface area (Å²) in [5, 5.41) is 0.912. The third-order valence-electron chi connectivity index (χ3n) is 4.70. The van der Waals surface area contributed by atoms with E-state index in [1.54, 1.807) is 0 Å². The van der Waals surface area contributed by atoms with Gasteiger partial charge in [-0.3, -0.25) is 4.79 Å². The summed E-state index contributed by atoms with van der Waals surface area (Å²) < 4.78 is 7.40. The van der Waals surface area contributed by atoms with Crippen molar-refractivity contribution in [3.05, 3.63) is 53.7 Å². The second-order valence-electron chi connectivity index (χ2n) is 6.48. The zero-order valence-corrected chi connectivity index (χ0v) is 14.5. The zero-order chi connectivity index (χ0) is 17.4. The molecule has 4 rings (SSSR count). The van der Waals surface area contributed by atoms with Gasteiger partial charge in [-0.2, -0.15) is 0 Å². The van der Waals surface area contributed by atoms with Crippen molar-refractivity contribution in [1.82, 2.24) is 14.5 Å². The van der Waals surface area contributed by atoms with E-state index in [0.717, 1.165) is 27.9 Å². The number of nitrogens with zero attached hydrogens (tertiary/aromatic N) is 3. The molecular weight excluding hydrogens is 314 g/mol. The van der Waals surface area contributed by atoms with Crippen LogP contribution in [0.3, 0.4) is 0 Å². The first kappa shape index (κ1) is 15.8. The fraction of sp³-hybridized carbons (Fsp3) is 0.300. The Morgan fingerprint density at radius 2 is 1.96 bits per heavy atom. The lowest BCUT2D eigenvalue weighted by molar-refractivity contribution is 0.0304. The number of hydrogen-bond acceptors (Lipinski definition) is 3. The Labute approximate surface area is 146 Å². The monoisotopic (exact) mass is 335 g/mol. The lowest BCUT2D eigenvalue weighted by Crippen LogP contribution is -2.40. The van der Waals surface area contributed by atoms with Crippen molar-refractivity contribution in [2.24, 2.45) is 7.05 Å². The molecule has 5 nitrogen and oxygen atoms in total. The minimum absolute atomic E-state index is 0.0526. The van der Waals surface area contributed by atoms with Gasteiger partial charge in [0.15, 0.2) is 0 Å². The van der Waals surface area contributed by atoms with Crippen LogP contribution in [0.25, 0.3) is 22.3 Å². The van der Waals surface area contributed by atoms with E-state index in [0.29, 0.717) is 31.9 Å². The van der Waals surface area contributed by atoms with Crippen molar-refractivity contribution >= 4 is 16.8 Å². The molecule has 5 heteroatoms. The average molecular weight is 335 g/mol. The third kappa shape index (κ3) is 2.91. The van der Waals surface area contributed by atoms with Crippen LogP contribution < -0.4 is 0 Å². The lowest BCUT2D eigenvalue weighted by Gasteiger charge is -2.27. The minimum Gasteiger partial charge on any atom is -0.378 e. The summed E-state index contributed by atoms with van der Waals surface area (Å²) in [4.78, 5) is 19.8. The maximum Gasteiger partial charge on any atom is 0.254 e. The van der Waals surface area contributed by atoms with E-state index in [4.69, 9.17) is 9.72 Å². The number of hydrogen-bond donors (Lipinski definition) is 0. The summed E-state index contributed by atoms with van der Waals surface area (Å²) >= 11 is 0. The van der Waals surface area contributed by atoms with Crippen molar-refractivity contribution in [3.63, 3.8) is 0 Å². The van der Waals surface area contributed by atoms with E-state index >= 15 is 0 Å². The Hall–Kier alpha value is -2.66. The molecule has 0 N–H and O–H groups in total. The molecule has 0 atom stereocenters. The highest BCUT2D eigenvalue weighted by molar-refractivity contribution is 6.07. The molecule has 1 aliphatic rings. The predicted molar refractivity (Wildman–Crippen MR) is 97.6 cm³/mol. The van der Waals surface area contributed by atoms with Gasteiger partial charge in [0.2, 0.25) is 0 Å². The number of pyridine rings is 1. The van der Waals surface area contributed by atoms with Gasteiger partial charge >= 0.3 is 0 Å². The van der Waals surface area contributed by atoms with E-state index in [-0.39, 0.29) is 5.91 Å². The number of amides is 1. The van der Waals surface area contributed by atoms with Crippen molar-refractivity contribution in [3.8, 4) is 11.4 Å². The Kier molecular flexibility index (Phi) is 4.01. The highest BCUT2D eigenvalue weighted by Gasteiger charge is 2.22. The molecule has 0 unspecified atom stereocenters. The number of benzene rings is 1. The largest absolute Gasteiger partial charge is 0.378 e. The number of aryl methyl sites for hydroxylation is 2. The molecule has 3 aromatic rings. The van der Waals surface area contributed by atoms with Crippen LogP contribution in [0, 0.1) is 6.92 Å². The first-order valence-corrected chi connectivity index (χ1v) is 8.53. The van der Waals surface area contributed by atoms with Gasteiger partial charge in [-0.05, 0) is 37.3 Å². The standard InChI is InChI=1S/C20H21N3O2/c1-14-5-6-17-15(12-14)16(20(24)23-8-10-25-11-9-23)13-18(21-17)19-4-3-7-22(19)2/h3-7,12-13H,8-11H2,1-2H3. The van der Waals surface area contributed by atoms with Gasteiger partial charge in [-0.15, -0.1) is 0 Å². The number of carbonyl (C=O) groups is 1. The number of fused-ring (bicyclic) bond motifs is 1. The molecule has 128 valence electrons. The summed E-state index contributed by atoms with van der Waals surface area (Å²) in [6.07, 6.45) is 1.99. The van der Waals surface area contributed by atoms with Crippen molar-refractivity contribution in [1.29, 1.82) is 0 Å². The van der Waals surface area contributed by atoms with Gasteiger partial charge in [0.1, 0.15) is 0 Å². The Balaban J connectivity index is 1.89. The summed E-state index contributed by atoms with van der Waals surface area (Å²) in [7, 11) is 1.99. The first-order valence-electron chi connectivity index (χ1n) is 8.53. The number of carbonyl (C=O) groups excluding carboxylic acids is 1. The number of morpholine rings is 1. The quantitative estimate of drug-likeness (QED) is 0.723. The van der Waals surface area contributed by atoms with Gasteiger partial charge in [0, 0.05) is 31.7 Å². The van der Waals surface area contributed by atoms with Crippen LogP contribution >= 0.6 is 0 Å². The second kappa shape index (κ2) is 6.33. The van der Waals surface area contributed by atoms with Crippen molar-refractivity contribution < 1.29 is 9.53 Å². The second-order valence-corrected chi connectivity index (χ2v) is 6.48. The van der Waals surface area contributed by atoms with Crippen LogP contribution in [0.5, 0.6) is 0 Å². The molecule has 1 amide bonds. The maximum atomic E-state index is 13.2. The third-order valence-corrected chi connectivity index (χ3v) is 4.70. The topological polar surface area (TPSA) is 47.4 Å². The van der Waals surface area contributed by atoms with Crippen LogP contribution in [0.2, 0.25) is 0 Å². The van der Waals surface area contributed by atoms with E-state index in [1.165, 1.54) is 0 Å². The van der Waals surface area contributed by atoms with E-state index in [1.807, 2.05) is 66.0 Å². The molecule has 1 fully saturated rings. The molecule has 25 heavy (non-hydrogen) atoms. The van der Waals surface area contributed by atoms with Crippen LogP contribution in [0.15, 0.2) is 42.6 Å². The Morgan fingerprint density at radius 1 is 1.16 bits per heavy atom. The maximum absolute atomic E-state index is 13.2. The highest BCUT2D eigenvalue weighted by atomic mass is 16.5. The molecule has 0 aliphatic carbocycles. The average Bonchev–Trinajstić information content (AvgIpc) is 3.07. The molecule has 0 bridgehead atoms. The minimum atomic E-state index is 0.0526. The fourth-order valence-corrected chi connectivity index (χ4v) is 3.31. The molecule has 1 saturated heterocycles. The summed E-state index contributed by atoms with van der Waals surface area (Å²) in [5.74, 6) is 0.0526. The van der Waals surface area contributed by atoms with Gasteiger partial charge in [-0.1, -0.05) is 11.6 Å². The normalized spacial score (nSPS) is 14.9. The van der Waals surface area contributed by atoms with Crippen LogP contribution in [-0.4, -0.2) is 46.7 Å². The first-order chi connectivity index (χ1) is 12.1. The Morgan fingerprint density at radius 3 is 2.68 bits per heavy atom. The van der Waals surface area contributed by atoms with Gasteiger partial charge in [-0.25, -0.2) is 4.98 Å². The van der Waals surface area contributed by atoms with E-state index in [2.05, 4.69) is 0 Å². The van der Waals surface area contributed by atoms with E-state index in [9.17, 15) is 4.79 Å². The van der Waals surface area contributed by atoms with Gasteiger partial charge in [0.05, 0.1) is 35.7 Å². The molecule has 0 spiro atoms. The molecule has 3 heterocycles. The van der Waals surface area contributed by atoms with Gasteiger partial charge < -0.3 is 14.2 Å². The number of ether oxygens (including phenoxy) is 1. The zero-order valence-electron chi connectivity index (χ0n) is 14.5. The van der Waals surface area contributed by atoms with Crippen LogP contribution in [0.4, 0.5) is 0 Å². The van der Waals surface area contributed by atoms with Crippen molar-refractivity contribution in [2.45, 2.75) is 6.92 Å². The Bertz CT molecular complexity index is 939. The van der Waals surface area contributed by atoms with Crippen molar-refractivity contribution in [2.75, 3.05) is 26.3 Å².